The lowest BCUT2D eigenvalue weighted by Crippen LogP contribution is -3.13. The minimum Gasteiger partial charge on any atom is -0.550 e. The summed E-state index contributed by atoms with van der Waals surface area (Å²) in [5.41, 5.74) is 1.33. The summed E-state index contributed by atoms with van der Waals surface area (Å²) >= 11 is 0. The van der Waals surface area contributed by atoms with E-state index >= 15 is 0 Å². The molecule has 100 valence electrons. The molecule has 0 saturated heterocycles. The molecule has 1 atom stereocenters. The summed E-state index contributed by atoms with van der Waals surface area (Å²) in [4.78, 5) is 11.9. The lowest BCUT2D eigenvalue weighted by Gasteiger charge is -2.23. The van der Waals surface area contributed by atoms with E-state index in [0.29, 0.717) is 12.5 Å². The van der Waals surface area contributed by atoms with Crippen LogP contribution >= 0.6 is 0 Å². The number of carbonyl (C=O) groups excluding carboxylic acids is 1. The van der Waals surface area contributed by atoms with Gasteiger partial charge in [0.15, 0.2) is 0 Å². The van der Waals surface area contributed by atoms with Crippen LogP contribution in [-0.2, 0) is 11.3 Å². The van der Waals surface area contributed by atoms with Gasteiger partial charge in [-0.15, -0.1) is 0 Å². The van der Waals surface area contributed by atoms with Crippen molar-refractivity contribution in [2.24, 2.45) is 0 Å². The fraction of sp³-hybridized carbons (Fsp3) is 0.533. The summed E-state index contributed by atoms with van der Waals surface area (Å²) < 4.78 is 0. The van der Waals surface area contributed by atoms with E-state index in [1.165, 1.54) is 10.5 Å². The second kappa shape index (κ2) is 7.88. The summed E-state index contributed by atoms with van der Waals surface area (Å²) in [6.07, 6.45) is 1.83. The maximum Gasteiger partial charge on any atom is 0.103 e. The number of unbranched alkanes of at least 4 members (excludes halogenated alkanes) is 1. The highest BCUT2D eigenvalue weighted by atomic mass is 16.4. The third-order valence-electron chi connectivity index (χ3n) is 3.22. The molecule has 1 aromatic carbocycles. The summed E-state index contributed by atoms with van der Waals surface area (Å²) in [7, 11) is 0. The minimum absolute atomic E-state index is 0.177. The van der Waals surface area contributed by atoms with Crippen molar-refractivity contribution in [3.05, 3.63) is 35.9 Å². The Labute approximate surface area is 109 Å². The molecule has 0 aliphatic carbocycles. The molecule has 0 saturated carbocycles. The van der Waals surface area contributed by atoms with Gasteiger partial charge in [-0.1, -0.05) is 30.3 Å². The molecule has 1 rings (SSSR count). The van der Waals surface area contributed by atoms with Gasteiger partial charge in [-0.2, -0.15) is 0 Å². The maximum atomic E-state index is 10.4. The average molecular weight is 249 g/mol. The van der Waals surface area contributed by atoms with E-state index in [9.17, 15) is 9.90 Å². The first kappa shape index (κ1) is 14.7. The van der Waals surface area contributed by atoms with Crippen LogP contribution in [0.15, 0.2) is 30.3 Å². The van der Waals surface area contributed by atoms with Gasteiger partial charge in [0, 0.05) is 11.5 Å². The average Bonchev–Trinajstić information content (AvgIpc) is 2.33. The van der Waals surface area contributed by atoms with Gasteiger partial charge < -0.3 is 14.8 Å². The van der Waals surface area contributed by atoms with Crippen LogP contribution in [0.1, 0.15) is 38.7 Å². The lowest BCUT2D eigenvalue weighted by molar-refractivity contribution is -0.935. The highest BCUT2D eigenvalue weighted by Crippen LogP contribution is 1.97. The topological polar surface area (TPSA) is 44.6 Å². The molecule has 0 aliphatic heterocycles. The predicted molar refractivity (Wildman–Crippen MR) is 70.0 cm³/mol. The smallest absolute Gasteiger partial charge is 0.103 e. The van der Waals surface area contributed by atoms with E-state index in [1.807, 2.05) is 6.07 Å². The summed E-state index contributed by atoms with van der Waals surface area (Å²) in [5, 5.41) is 10.4. The Bertz CT molecular complexity index is 349. The molecule has 0 aliphatic rings. The standard InChI is InChI=1S/C15H23NO2/c1-13(2)16(11-7-6-10-15(17)18)12-14-8-4-3-5-9-14/h3-5,8-9,13H,6-7,10-12H2,1-2H3,(H,17,18). The molecule has 0 radical (unpaired) electrons. The molecule has 0 heterocycles. The number of hydrogen-bond acceptors (Lipinski definition) is 2. The van der Waals surface area contributed by atoms with E-state index in [0.717, 1.165) is 19.5 Å². The molecule has 0 aromatic heterocycles. The summed E-state index contributed by atoms with van der Waals surface area (Å²) in [6, 6.07) is 11.0. The minimum atomic E-state index is -0.941. The predicted octanol–water partition coefficient (Wildman–Crippen LogP) is 0.400. The Kier molecular flexibility index (Phi) is 6.44. The molecule has 1 N–H and O–H groups in total. The van der Waals surface area contributed by atoms with E-state index in [1.54, 1.807) is 0 Å². The van der Waals surface area contributed by atoms with Crippen molar-refractivity contribution in [2.45, 2.75) is 45.7 Å². The van der Waals surface area contributed by atoms with Crippen LogP contribution in [-0.4, -0.2) is 18.6 Å². The Morgan fingerprint density at radius 2 is 1.89 bits per heavy atom. The number of carboxylic acids is 1. The van der Waals surface area contributed by atoms with Crippen LogP contribution in [0.3, 0.4) is 0 Å². The number of aliphatic carboxylic acids is 1. The first-order valence-electron chi connectivity index (χ1n) is 6.68. The van der Waals surface area contributed by atoms with Crippen LogP contribution < -0.4 is 10.0 Å². The Morgan fingerprint density at radius 1 is 1.22 bits per heavy atom. The van der Waals surface area contributed by atoms with Gasteiger partial charge in [-0.05, 0) is 33.1 Å². The Hall–Kier alpha value is -1.35. The highest BCUT2D eigenvalue weighted by Gasteiger charge is 2.12. The molecule has 3 nitrogen and oxygen atoms in total. The fourth-order valence-electron chi connectivity index (χ4n) is 2.06. The summed E-state index contributed by atoms with van der Waals surface area (Å²) in [5.74, 6) is -0.941. The van der Waals surface area contributed by atoms with Crippen molar-refractivity contribution in [3.63, 3.8) is 0 Å². The molecule has 1 unspecified atom stereocenters. The van der Waals surface area contributed by atoms with Gasteiger partial charge in [0.05, 0.1) is 12.6 Å². The molecule has 18 heavy (non-hydrogen) atoms. The highest BCUT2D eigenvalue weighted by molar-refractivity contribution is 5.64. The zero-order valence-corrected chi connectivity index (χ0v) is 11.3. The van der Waals surface area contributed by atoms with E-state index in [-0.39, 0.29) is 6.42 Å². The molecule has 0 fully saturated rings. The van der Waals surface area contributed by atoms with Crippen LogP contribution in [0.2, 0.25) is 0 Å². The largest absolute Gasteiger partial charge is 0.550 e. The van der Waals surface area contributed by atoms with Crippen molar-refractivity contribution in [1.82, 2.24) is 0 Å². The molecular formula is C15H23NO2. The number of benzene rings is 1. The van der Waals surface area contributed by atoms with E-state index in [2.05, 4.69) is 38.1 Å². The van der Waals surface area contributed by atoms with Gasteiger partial charge in [0.25, 0.3) is 0 Å². The maximum absolute atomic E-state index is 10.4. The van der Waals surface area contributed by atoms with Crippen molar-refractivity contribution < 1.29 is 14.8 Å². The second-order valence-corrected chi connectivity index (χ2v) is 5.05. The van der Waals surface area contributed by atoms with Crippen molar-refractivity contribution in [2.75, 3.05) is 6.54 Å². The van der Waals surface area contributed by atoms with Crippen LogP contribution in [0.25, 0.3) is 0 Å². The van der Waals surface area contributed by atoms with Crippen molar-refractivity contribution in [3.8, 4) is 0 Å². The quantitative estimate of drug-likeness (QED) is 0.678. The molecular weight excluding hydrogens is 226 g/mol. The van der Waals surface area contributed by atoms with Crippen LogP contribution in [0, 0.1) is 0 Å². The van der Waals surface area contributed by atoms with Crippen molar-refractivity contribution >= 4 is 5.97 Å². The van der Waals surface area contributed by atoms with E-state index < -0.39 is 5.97 Å². The molecule has 0 spiro atoms. The second-order valence-electron chi connectivity index (χ2n) is 5.05. The molecule has 3 heteroatoms. The number of nitrogens with one attached hydrogen (secondary N) is 1. The Morgan fingerprint density at radius 3 is 2.44 bits per heavy atom. The lowest BCUT2D eigenvalue weighted by atomic mass is 10.1. The first-order chi connectivity index (χ1) is 8.59. The normalized spacial score (nSPS) is 12.6. The molecule has 0 bridgehead atoms. The number of quaternary nitrogens is 1. The van der Waals surface area contributed by atoms with Gasteiger partial charge >= 0.3 is 0 Å². The van der Waals surface area contributed by atoms with Gasteiger partial charge in [0.1, 0.15) is 6.54 Å². The van der Waals surface area contributed by atoms with Gasteiger partial charge in [0.2, 0.25) is 0 Å². The zero-order chi connectivity index (χ0) is 13.4. The molecule has 1 aromatic rings. The third kappa shape index (κ3) is 5.82. The summed E-state index contributed by atoms with van der Waals surface area (Å²) in [6.45, 7) is 6.43. The van der Waals surface area contributed by atoms with Crippen molar-refractivity contribution in [1.29, 1.82) is 0 Å². The zero-order valence-electron chi connectivity index (χ0n) is 11.3. The van der Waals surface area contributed by atoms with Crippen LogP contribution in [0.5, 0.6) is 0 Å². The Balaban J connectivity index is 2.38. The van der Waals surface area contributed by atoms with Gasteiger partial charge in [-0.3, -0.25) is 0 Å². The third-order valence-corrected chi connectivity index (χ3v) is 3.22. The number of carboxylic acid groups (broad SMARTS) is 1. The first-order valence-corrected chi connectivity index (χ1v) is 6.68. The molecule has 0 amide bonds. The fourth-order valence-corrected chi connectivity index (χ4v) is 2.06. The van der Waals surface area contributed by atoms with Crippen LogP contribution in [0.4, 0.5) is 0 Å². The monoisotopic (exact) mass is 249 g/mol. The number of carbonyl (C=O) groups is 1. The van der Waals surface area contributed by atoms with Gasteiger partial charge in [-0.25, -0.2) is 0 Å². The number of hydrogen-bond donors (Lipinski definition) is 1. The number of rotatable bonds is 8. The van der Waals surface area contributed by atoms with E-state index in [4.69, 9.17) is 0 Å². The SMILES string of the molecule is CC(C)[NH+](CCCCC(=O)[O-])Cc1ccccc1.